The maximum Gasteiger partial charge on any atom is 0.290 e. The zero-order valence-electron chi connectivity index (χ0n) is 18.8. The Balaban J connectivity index is 1.53. The lowest BCUT2D eigenvalue weighted by molar-refractivity contribution is 0.0949. The van der Waals surface area contributed by atoms with Crippen LogP contribution in [0.5, 0.6) is 11.5 Å². The van der Waals surface area contributed by atoms with Crippen molar-refractivity contribution in [3.63, 3.8) is 0 Å². The minimum atomic E-state index is -0.336. The van der Waals surface area contributed by atoms with Crippen LogP contribution in [0.3, 0.4) is 0 Å². The van der Waals surface area contributed by atoms with E-state index in [4.69, 9.17) is 9.47 Å². The summed E-state index contributed by atoms with van der Waals surface area (Å²) in [6, 6.07) is 17.4. The number of amides is 1. The number of ether oxygens (including phenoxy) is 2. The quantitative estimate of drug-likeness (QED) is 0.329. The molecule has 2 aromatic heterocycles. The normalized spacial score (nSPS) is 11.6. The number of nitrogens with one attached hydrogen (secondary N) is 1. The van der Waals surface area contributed by atoms with Crippen LogP contribution in [-0.2, 0) is 7.05 Å². The molecular weight excluding hydrogens is 418 g/mol. The Kier molecular flexibility index (Phi) is 4.97. The first-order valence-electron chi connectivity index (χ1n) is 10.4. The molecule has 0 aliphatic rings. The first-order chi connectivity index (χ1) is 16.0. The number of benzene rings is 3. The summed E-state index contributed by atoms with van der Waals surface area (Å²) in [6.45, 7) is 1.82. The molecule has 33 heavy (non-hydrogen) atoms. The average Bonchev–Trinajstić information content (AvgIpc) is 3.32. The number of methoxy groups -OCH3 is 2. The standard InChI is InChI=1S/C25H23N5O3/c1-15-23(30-19-10-6-5-9-18(19)29(2)25(30)27-15)24(31)28-26-14-16-12-13-20(32-3)17-8-7-11-21(33-4)22(16)17/h5-14H,1-4H3,(H,28,31)/b26-14-. The topological polar surface area (TPSA) is 82.1 Å². The Hall–Kier alpha value is -4.33. The number of aryl methyl sites for hydroxylation is 2. The maximum absolute atomic E-state index is 13.1. The molecule has 0 saturated carbocycles. The number of hydrazone groups is 1. The molecule has 0 spiro atoms. The van der Waals surface area contributed by atoms with Crippen LogP contribution in [0.4, 0.5) is 0 Å². The van der Waals surface area contributed by atoms with Gasteiger partial charge in [0.25, 0.3) is 5.91 Å². The number of hydrogen-bond acceptors (Lipinski definition) is 5. The van der Waals surface area contributed by atoms with E-state index in [1.807, 2.05) is 77.5 Å². The first kappa shape index (κ1) is 20.6. The van der Waals surface area contributed by atoms with Gasteiger partial charge in [-0.25, -0.2) is 10.4 Å². The molecule has 0 saturated heterocycles. The number of aromatic nitrogens is 3. The molecule has 0 unspecified atom stereocenters. The van der Waals surface area contributed by atoms with E-state index in [1.165, 1.54) is 0 Å². The SMILES string of the molecule is COc1ccc(/C=N\NC(=O)c2c(C)nc3n(C)c4ccccc4n23)c2c(OC)cccc12. The molecule has 1 amide bonds. The summed E-state index contributed by atoms with van der Waals surface area (Å²) in [4.78, 5) is 17.7. The summed E-state index contributed by atoms with van der Waals surface area (Å²) in [5, 5.41) is 6.00. The molecule has 0 bridgehead atoms. The molecule has 166 valence electrons. The zero-order chi connectivity index (χ0) is 23.1. The van der Waals surface area contributed by atoms with E-state index in [-0.39, 0.29) is 5.91 Å². The third-order valence-corrected chi connectivity index (χ3v) is 5.84. The fraction of sp³-hybridized carbons (Fsp3) is 0.160. The van der Waals surface area contributed by atoms with E-state index in [0.717, 1.165) is 33.1 Å². The highest BCUT2D eigenvalue weighted by atomic mass is 16.5. The molecule has 0 aliphatic carbocycles. The molecule has 5 aromatic rings. The monoisotopic (exact) mass is 441 g/mol. The van der Waals surface area contributed by atoms with E-state index < -0.39 is 0 Å². The largest absolute Gasteiger partial charge is 0.496 e. The first-order valence-corrected chi connectivity index (χ1v) is 10.4. The Bertz CT molecular complexity index is 1560. The van der Waals surface area contributed by atoms with Gasteiger partial charge in [-0.1, -0.05) is 24.3 Å². The fourth-order valence-electron chi connectivity index (χ4n) is 4.32. The van der Waals surface area contributed by atoms with Crippen molar-refractivity contribution in [2.45, 2.75) is 6.92 Å². The highest BCUT2D eigenvalue weighted by Gasteiger charge is 2.21. The van der Waals surface area contributed by atoms with Gasteiger partial charge in [-0.3, -0.25) is 9.20 Å². The van der Waals surface area contributed by atoms with Crippen LogP contribution in [0.1, 0.15) is 21.7 Å². The number of carbonyl (C=O) groups excluding carboxylic acids is 1. The van der Waals surface area contributed by atoms with Gasteiger partial charge in [-0.15, -0.1) is 0 Å². The summed E-state index contributed by atoms with van der Waals surface area (Å²) in [5.74, 6) is 1.80. The number of nitrogens with zero attached hydrogens (tertiary/aromatic N) is 4. The maximum atomic E-state index is 13.1. The molecule has 8 heteroatoms. The van der Waals surface area contributed by atoms with Crippen molar-refractivity contribution in [3.05, 3.63) is 71.5 Å². The van der Waals surface area contributed by atoms with Crippen LogP contribution in [0.25, 0.3) is 27.6 Å². The second-order valence-corrected chi connectivity index (χ2v) is 7.67. The van der Waals surface area contributed by atoms with Gasteiger partial charge >= 0.3 is 0 Å². The number of rotatable bonds is 5. The smallest absolute Gasteiger partial charge is 0.290 e. The molecule has 2 heterocycles. The number of carbonyl (C=O) groups is 1. The summed E-state index contributed by atoms with van der Waals surface area (Å²) in [7, 11) is 5.19. The van der Waals surface area contributed by atoms with Crippen LogP contribution >= 0.6 is 0 Å². The highest BCUT2D eigenvalue weighted by molar-refractivity contribution is 6.06. The van der Waals surface area contributed by atoms with Gasteiger partial charge in [-0.05, 0) is 37.3 Å². The lowest BCUT2D eigenvalue weighted by Crippen LogP contribution is -2.20. The third kappa shape index (κ3) is 3.18. The molecule has 0 aliphatic heterocycles. The predicted octanol–water partition coefficient (Wildman–Crippen LogP) is 4.07. The van der Waals surface area contributed by atoms with E-state index in [2.05, 4.69) is 15.5 Å². The van der Waals surface area contributed by atoms with Crippen molar-refractivity contribution < 1.29 is 14.3 Å². The molecule has 0 atom stereocenters. The second-order valence-electron chi connectivity index (χ2n) is 7.67. The Morgan fingerprint density at radius 1 is 1.00 bits per heavy atom. The molecule has 0 fully saturated rings. The number of fused-ring (bicyclic) bond motifs is 4. The molecule has 5 rings (SSSR count). The van der Waals surface area contributed by atoms with Gasteiger partial charge in [0.2, 0.25) is 5.78 Å². The molecule has 3 aromatic carbocycles. The summed E-state index contributed by atoms with van der Waals surface area (Å²) < 4.78 is 14.9. The summed E-state index contributed by atoms with van der Waals surface area (Å²) in [5.41, 5.74) is 6.45. The van der Waals surface area contributed by atoms with Gasteiger partial charge in [0, 0.05) is 23.4 Å². The molecule has 8 nitrogen and oxygen atoms in total. The van der Waals surface area contributed by atoms with Crippen LogP contribution in [-0.4, -0.2) is 40.3 Å². The molecule has 0 radical (unpaired) electrons. The van der Waals surface area contributed by atoms with Gasteiger partial charge in [0.15, 0.2) is 0 Å². The highest BCUT2D eigenvalue weighted by Crippen LogP contribution is 2.34. The number of para-hydroxylation sites is 2. The third-order valence-electron chi connectivity index (χ3n) is 5.84. The average molecular weight is 441 g/mol. The number of imidazole rings is 2. The summed E-state index contributed by atoms with van der Waals surface area (Å²) >= 11 is 0. The van der Waals surface area contributed by atoms with Crippen molar-refractivity contribution in [3.8, 4) is 11.5 Å². The Morgan fingerprint density at radius 3 is 2.52 bits per heavy atom. The van der Waals surface area contributed by atoms with Gasteiger partial charge in [0.05, 0.1) is 37.2 Å². The van der Waals surface area contributed by atoms with Crippen molar-refractivity contribution in [1.82, 2.24) is 19.4 Å². The molecular formula is C25H23N5O3. The van der Waals surface area contributed by atoms with E-state index in [1.54, 1.807) is 20.4 Å². The Labute approximate surface area is 190 Å². The lowest BCUT2D eigenvalue weighted by atomic mass is 10.0. The van der Waals surface area contributed by atoms with Crippen molar-refractivity contribution in [2.75, 3.05) is 14.2 Å². The van der Waals surface area contributed by atoms with Crippen LogP contribution in [0.2, 0.25) is 0 Å². The molecule has 1 N–H and O–H groups in total. The van der Waals surface area contributed by atoms with Crippen LogP contribution in [0.15, 0.2) is 59.7 Å². The number of hydrogen-bond donors (Lipinski definition) is 1. The Morgan fingerprint density at radius 2 is 1.76 bits per heavy atom. The van der Waals surface area contributed by atoms with Gasteiger partial charge < -0.3 is 14.0 Å². The minimum Gasteiger partial charge on any atom is -0.496 e. The minimum absolute atomic E-state index is 0.336. The lowest BCUT2D eigenvalue weighted by Gasteiger charge is -2.11. The van der Waals surface area contributed by atoms with Crippen molar-refractivity contribution in [2.24, 2.45) is 12.1 Å². The van der Waals surface area contributed by atoms with Crippen molar-refractivity contribution >= 4 is 39.7 Å². The van der Waals surface area contributed by atoms with Gasteiger partial charge in [0.1, 0.15) is 17.2 Å². The second kappa shape index (κ2) is 7.98. The van der Waals surface area contributed by atoms with Crippen LogP contribution in [0, 0.1) is 6.92 Å². The fourth-order valence-corrected chi connectivity index (χ4v) is 4.32. The summed E-state index contributed by atoms with van der Waals surface area (Å²) in [6.07, 6.45) is 1.61. The van der Waals surface area contributed by atoms with E-state index in [0.29, 0.717) is 22.9 Å². The van der Waals surface area contributed by atoms with E-state index in [9.17, 15) is 4.79 Å². The zero-order valence-corrected chi connectivity index (χ0v) is 18.8. The van der Waals surface area contributed by atoms with E-state index >= 15 is 0 Å². The van der Waals surface area contributed by atoms with Crippen LogP contribution < -0.4 is 14.9 Å². The predicted molar refractivity (Wildman–Crippen MR) is 129 cm³/mol. The van der Waals surface area contributed by atoms with Crippen molar-refractivity contribution in [1.29, 1.82) is 0 Å². The van der Waals surface area contributed by atoms with Gasteiger partial charge in [-0.2, -0.15) is 5.10 Å².